The molecule has 1 spiro atoms. The molecule has 8 nitrogen and oxygen atoms in total. The highest BCUT2D eigenvalue weighted by atomic mass is 16.5. The van der Waals surface area contributed by atoms with Gasteiger partial charge in [-0.25, -0.2) is 0 Å². The molecule has 3 unspecified atom stereocenters. The molecule has 3 N–H and O–H groups in total. The van der Waals surface area contributed by atoms with Gasteiger partial charge in [-0.2, -0.15) is 0 Å². The second-order valence-electron chi connectivity index (χ2n) is 12.0. The van der Waals surface area contributed by atoms with E-state index in [1.54, 1.807) is 11.9 Å². The van der Waals surface area contributed by atoms with E-state index in [4.69, 9.17) is 4.74 Å². The van der Waals surface area contributed by atoms with Gasteiger partial charge in [-0.05, 0) is 51.4 Å². The lowest BCUT2D eigenvalue weighted by molar-refractivity contribution is -0.148. The summed E-state index contributed by atoms with van der Waals surface area (Å²) < 4.78 is 6.60. The first-order valence-electron chi connectivity index (χ1n) is 11.8. The third-order valence-electron chi connectivity index (χ3n) is 7.58. The number of nitrogens with zero attached hydrogens (tertiary/aromatic N) is 1. The van der Waals surface area contributed by atoms with Crippen LogP contribution in [0.2, 0.25) is 0 Å². The number of aliphatic hydroxyl groups excluding tert-OH is 1. The van der Waals surface area contributed by atoms with Crippen molar-refractivity contribution >= 4 is 17.7 Å². The summed E-state index contributed by atoms with van der Waals surface area (Å²) in [5.74, 6) is -2.04. The lowest BCUT2D eigenvalue weighted by atomic mass is 9.62. The second kappa shape index (κ2) is 7.97. The molecular formula is C24H41N3O5. The zero-order chi connectivity index (χ0) is 24.3. The van der Waals surface area contributed by atoms with Crippen molar-refractivity contribution in [3.63, 3.8) is 0 Å². The Morgan fingerprint density at radius 3 is 2.38 bits per heavy atom. The van der Waals surface area contributed by atoms with Gasteiger partial charge in [0.1, 0.15) is 11.6 Å². The molecule has 182 valence electrons. The first kappa shape index (κ1) is 25.0. The molecule has 0 saturated carbocycles. The van der Waals surface area contributed by atoms with Crippen molar-refractivity contribution in [2.75, 3.05) is 20.2 Å². The first-order chi connectivity index (χ1) is 14.6. The summed E-state index contributed by atoms with van der Waals surface area (Å²) in [5.41, 5.74) is -2.32. The van der Waals surface area contributed by atoms with E-state index < -0.39 is 34.6 Å². The molecule has 3 aliphatic heterocycles. The minimum Gasteiger partial charge on any atom is -0.396 e. The predicted molar refractivity (Wildman–Crippen MR) is 121 cm³/mol. The Labute approximate surface area is 191 Å². The molecule has 6 atom stereocenters. The summed E-state index contributed by atoms with van der Waals surface area (Å²) in [5, 5.41) is 15.3. The van der Waals surface area contributed by atoms with Crippen LogP contribution in [0.5, 0.6) is 0 Å². The van der Waals surface area contributed by atoms with Crippen LogP contribution in [0.15, 0.2) is 0 Å². The van der Waals surface area contributed by atoms with Crippen LogP contribution >= 0.6 is 0 Å². The van der Waals surface area contributed by atoms with E-state index in [0.717, 1.165) is 6.42 Å². The van der Waals surface area contributed by atoms with E-state index in [-0.39, 0.29) is 42.2 Å². The maximum Gasteiger partial charge on any atom is 0.246 e. The smallest absolute Gasteiger partial charge is 0.246 e. The lowest BCUT2D eigenvalue weighted by Gasteiger charge is -2.38. The molecule has 0 aromatic rings. The number of carbonyl (C=O) groups is 3. The maximum atomic E-state index is 13.8. The number of nitrogens with one attached hydrogen (secondary N) is 2. The van der Waals surface area contributed by atoms with Crippen molar-refractivity contribution in [2.45, 2.75) is 90.5 Å². The molecule has 3 heterocycles. The van der Waals surface area contributed by atoms with Gasteiger partial charge in [0, 0.05) is 25.7 Å². The average molecular weight is 452 g/mol. The molecule has 3 aliphatic rings. The van der Waals surface area contributed by atoms with Crippen LogP contribution in [-0.4, -0.2) is 70.7 Å². The van der Waals surface area contributed by atoms with E-state index >= 15 is 0 Å². The van der Waals surface area contributed by atoms with Crippen molar-refractivity contribution in [3.05, 3.63) is 0 Å². The van der Waals surface area contributed by atoms with Crippen molar-refractivity contribution in [2.24, 2.45) is 23.2 Å². The largest absolute Gasteiger partial charge is 0.396 e. The number of ether oxygens (including phenoxy) is 1. The van der Waals surface area contributed by atoms with E-state index in [1.807, 2.05) is 27.7 Å². The van der Waals surface area contributed by atoms with Gasteiger partial charge in [-0.15, -0.1) is 0 Å². The Kier molecular flexibility index (Phi) is 6.22. The fourth-order valence-electron chi connectivity index (χ4n) is 6.85. The maximum absolute atomic E-state index is 13.8. The summed E-state index contributed by atoms with van der Waals surface area (Å²) in [6, 6.07) is -0.829. The quantitative estimate of drug-likeness (QED) is 0.543. The second-order valence-corrected chi connectivity index (χ2v) is 12.0. The van der Waals surface area contributed by atoms with Crippen LogP contribution in [0, 0.1) is 23.2 Å². The number of rotatable bonds is 7. The van der Waals surface area contributed by atoms with Gasteiger partial charge >= 0.3 is 0 Å². The summed E-state index contributed by atoms with van der Waals surface area (Å²) in [6.07, 6.45) is 1.66. The topological polar surface area (TPSA) is 108 Å². The normalized spacial score (nSPS) is 36.4. The number of carbonyl (C=O) groups excluding carboxylic acids is 3. The summed E-state index contributed by atoms with van der Waals surface area (Å²) in [7, 11) is 1.57. The molecule has 3 fully saturated rings. The van der Waals surface area contributed by atoms with Crippen LogP contribution in [0.3, 0.4) is 0 Å². The highest BCUT2D eigenvalue weighted by Crippen LogP contribution is 2.65. The van der Waals surface area contributed by atoms with Gasteiger partial charge in [0.25, 0.3) is 0 Å². The molecule has 0 aliphatic carbocycles. The van der Waals surface area contributed by atoms with E-state index in [1.165, 1.54) is 0 Å². The Morgan fingerprint density at radius 2 is 1.84 bits per heavy atom. The van der Waals surface area contributed by atoms with Gasteiger partial charge in [-0.1, -0.05) is 27.7 Å². The SMILES string of the molecule is CNC(=O)[C@@H]1[C@H]2C(=O)N(CCCO)C(C(=O)NC(C)(C)CC(C)(C)C)C23CC(C)[C@@]1(C)O3. The molecule has 2 bridgehead atoms. The molecule has 8 heteroatoms. The highest BCUT2D eigenvalue weighted by Gasteiger charge is 2.79. The first-order valence-corrected chi connectivity index (χ1v) is 11.8. The van der Waals surface area contributed by atoms with Crippen LogP contribution in [-0.2, 0) is 19.1 Å². The fraction of sp³-hybridized carbons (Fsp3) is 0.875. The third kappa shape index (κ3) is 3.83. The Balaban J connectivity index is 2.02. The molecule has 3 amide bonds. The molecule has 0 aromatic heterocycles. The highest BCUT2D eigenvalue weighted by molar-refractivity contribution is 5.99. The van der Waals surface area contributed by atoms with E-state index in [0.29, 0.717) is 12.8 Å². The monoisotopic (exact) mass is 451 g/mol. The molecule has 32 heavy (non-hydrogen) atoms. The van der Waals surface area contributed by atoms with Gasteiger partial charge in [0.2, 0.25) is 17.7 Å². The molecule has 3 rings (SSSR count). The molecule has 3 saturated heterocycles. The fourth-order valence-corrected chi connectivity index (χ4v) is 6.85. The van der Waals surface area contributed by atoms with Gasteiger partial charge in [0.05, 0.1) is 17.4 Å². The zero-order valence-corrected chi connectivity index (χ0v) is 20.9. The van der Waals surface area contributed by atoms with Crippen molar-refractivity contribution in [1.82, 2.24) is 15.5 Å². The number of hydrogen-bond acceptors (Lipinski definition) is 5. The van der Waals surface area contributed by atoms with E-state index in [2.05, 4.69) is 31.4 Å². The number of likely N-dealkylation sites (tertiary alicyclic amines) is 1. The van der Waals surface area contributed by atoms with Crippen LogP contribution in [0.25, 0.3) is 0 Å². The molecule has 0 radical (unpaired) electrons. The van der Waals surface area contributed by atoms with Crippen molar-refractivity contribution in [3.8, 4) is 0 Å². The van der Waals surface area contributed by atoms with Gasteiger partial charge < -0.3 is 25.4 Å². The third-order valence-corrected chi connectivity index (χ3v) is 7.58. The molecule has 0 aromatic carbocycles. The number of amides is 3. The van der Waals surface area contributed by atoms with Crippen LogP contribution < -0.4 is 10.6 Å². The predicted octanol–water partition coefficient (Wildman–Crippen LogP) is 1.46. The molecular weight excluding hydrogens is 410 g/mol. The van der Waals surface area contributed by atoms with Crippen molar-refractivity contribution in [1.29, 1.82) is 0 Å². The zero-order valence-electron chi connectivity index (χ0n) is 20.9. The Morgan fingerprint density at radius 1 is 1.22 bits per heavy atom. The Hall–Kier alpha value is -1.67. The minimum absolute atomic E-state index is 0.00822. The summed E-state index contributed by atoms with van der Waals surface area (Å²) in [6.45, 7) is 14.4. The van der Waals surface area contributed by atoms with Crippen LogP contribution in [0.1, 0.15) is 67.7 Å². The van der Waals surface area contributed by atoms with Gasteiger partial charge in [0.15, 0.2) is 0 Å². The number of aliphatic hydroxyl groups is 1. The Bertz CT molecular complexity index is 791. The summed E-state index contributed by atoms with van der Waals surface area (Å²) >= 11 is 0. The average Bonchev–Trinajstić information content (AvgIpc) is 3.14. The number of fused-ring (bicyclic) bond motifs is 1. The van der Waals surface area contributed by atoms with Crippen molar-refractivity contribution < 1.29 is 24.2 Å². The standard InChI is InChI=1S/C24H41N3O5/c1-14-12-24-16(15(18(29)25-8)23(14,7)32-24)20(31)27(10-9-11-28)17(24)19(30)26-22(5,6)13-21(2,3)4/h14-17,28H,9-13H2,1-8H3,(H,25,29)(H,26,30)/t14?,15-,16-,17?,23+,24?/m0/s1. The van der Waals surface area contributed by atoms with Crippen LogP contribution in [0.4, 0.5) is 0 Å². The van der Waals surface area contributed by atoms with Gasteiger partial charge in [-0.3, -0.25) is 14.4 Å². The minimum atomic E-state index is -1.04. The van der Waals surface area contributed by atoms with E-state index in [9.17, 15) is 19.5 Å². The number of hydrogen-bond donors (Lipinski definition) is 3. The lowest BCUT2D eigenvalue weighted by Crippen LogP contribution is -2.59. The summed E-state index contributed by atoms with van der Waals surface area (Å²) in [4.78, 5) is 41.9.